The fraction of sp³-hybridized carbons (Fsp3) is 0.200. The van der Waals surface area contributed by atoms with Crippen LogP contribution in [0, 0.1) is 32.8 Å². The summed E-state index contributed by atoms with van der Waals surface area (Å²) in [6, 6.07) is 9.07. The largest absolute Gasteiger partial charge is 0.269 e. The third-order valence-electron chi connectivity index (χ3n) is 2.02. The summed E-state index contributed by atoms with van der Waals surface area (Å²) in [5.74, 6) is -0.785. The van der Waals surface area contributed by atoms with Crippen molar-refractivity contribution in [2.24, 2.45) is 0 Å². The zero-order valence-corrected chi connectivity index (χ0v) is 8.76. The van der Waals surface area contributed by atoms with Crippen molar-refractivity contribution >= 4 is 17.3 Å². The van der Waals surface area contributed by atoms with Crippen molar-refractivity contribution in [2.45, 2.75) is 11.3 Å². The molecule has 0 fully saturated rings. The SMILES string of the molecule is N#CC(Cl)C(C#N)c1ccc([N+](=O)[O-])cc1. The van der Waals surface area contributed by atoms with Gasteiger partial charge in [-0.25, -0.2) is 0 Å². The van der Waals surface area contributed by atoms with Gasteiger partial charge in [-0.3, -0.25) is 10.1 Å². The average Bonchev–Trinajstić information content (AvgIpc) is 2.30. The van der Waals surface area contributed by atoms with Crippen LogP contribution in [0.1, 0.15) is 11.5 Å². The normalized spacial score (nSPS) is 13.2. The van der Waals surface area contributed by atoms with Crippen molar-refractivity contribution in [3.63, 3.8) is 0 Å². The zero-order chi connectivity index (χ0) is 12.1. The van der Waals surface area contributed by atoms with Crippen LogP contribution in [0.3, 0.4) is 0 Å². The summed E-state index contributed by atoms with van der Waals surface area (Å²) in [6.45, 7) is 0. The number of nitro groups is 1. The van der Waals surface area contributed by atoms with E-state index in [9.17, 15) is 10.1 Å². The highest BCUT2D eigenvalue weighted by Crippen LogP contribution is 2.24. The van der Waals surface area contributed by atoms with Gasteiger partial charge in [0.2, 0.25) is 0 Å². The van der Waals surface area contributed by atoms with Crippen LogP contribution in [-0.2, 0) is 0 Å². The highest BCUT2D eigenvalue weighted by atomic mass is 35.5. The number of rotatable bonds is 3. The van der Waals surface area contributed by atoms with E-state index in [0.29, 0.717) is 5.56 Å². The molecule has 1 aromatic carbocycles. The Labute approximate surface area is 96.6 Å². The van der Waals surface area contributed by atoms with Crippen LogP contribution in [0.5, 0.6) is 0 Å². The van der Waals surface area contributed by atoms with Crippen LogP contribution in [0.25, 0.3) is 0 Å². The third kappa shape index (κ3) is 2.47. The number of hydrogen-bond acceptors (Lipinski definition) is 4. The number of nitro benzene ring substituents is 1. The maximum absolute atomic E-state index is 10.4. The van der Waals surface area contributed by atoms with E-state index in [1.54, 1.807) is 6.07 Å². The highest BCUT2D eigenvalue weighted by molar-refractivity contribution is 6.23. The average molecular weight is 236 g/mol. The zero-order valence-electron chi connectivity index (χ0n) is 8.00. The fourth-order valence-electron chi connectivity index (χ4n) is 1.19. The molecule has 2 atom stereocenters. The number of hydrogen-bond donors (Lipinski definition) is 0. The van der Waals surface area contributed by atoms with Crippen molar-refractivity contribution < 1.29 is 4.92 Å². The van der Waals surface area contributed by atoms with Gasteiger partial charge in [-0.15, -0.1) is 11.6 Å². The fourth-order valence-corrected chi connectivity index (χ4v) is 1.39. The van der Waals surface area contributed by atoms with E-state index in [0.717, 1.165) is 0 Å². The molecule has 0 spiro atoms. The third-order valence-corrected chi connectivity index (χ3v) is 2.37. The van der Waals surface area contributed by atoms with Gasteiger partial charge in [0.25, 0.3) is 5.69 Å². The van der Waals surface area contributed by atoms with Crippen LogP contribution in [0.15, 0.2) is 24.3 Å². The Morgan fingerprint density at radius 1 is 1.25 bits per heavy atom. The molecule has 2 unspecified atom stereocenters. The summed E-state index contributed by atoms with van der Waals surface area (Å²) < 4.78 is 0. The van der Waals surface area contributed by atoms with Gasteiger partial charge in [0.05, 0.1) is 17.1 Å². The van der Waals surface area contributed by atoms with E-state index >= 15 is 0 Å². The van der Waals surface area contributed by atoms with Crippen molar-refractivity contribution in [1.82, 2.24) is 0 Å². The maximum atomic E-state index is 10.4. The monoisotopic (exact) mass is 235 g/mol. The van der Waals surface area contributed by atoms with Gasteiger partial charge in [-0.2, -0.15) is 10.5 Å². The summed E-state index contributed by atoms with van der Waals surface area (Å²) in [4.78, 5) is 9.87. The molecule has 0 aliphatic rings. The van der Waals surface area contributed by atoms with E-state index < -0.39 is 16.2 Å². The molecule has 0 bridgehead atoms. The Balaban J connectivity index is 3.02. The van der Waals surface area contributed by atoms with Crippen molar-refractivity contribution in [3.8, 4) is 12.1 Å². The Kier molecular flexibility index (Phi) is 3.82. The molecule has 16 heavy (non-hydrogen) atoms. The second kappa shape index (κ2) is 5.11. The molecular formula is C10H6ClN3O2. The Bertz CT molecular complexity index is 472. The molecule has 0 aliphatic heterocycles. The van der Waals surface area contributed by atoms with E-state index in [1.165, 1.54) is 24.3 Å². The molecule has 1 rings (SSSR count). The minimum absolute atomic E-state index is 0.0662. The van der Waals surface area contributed by atoms with Crippen LogP contribution >= 0.6 is 11.6 Å². The second-order valence-corrected chi connectivity index (χ2v) is 3.46. The van der Waals surface area contributed by atoms with E-state index in [-0.39, 0.29) is 5.69 Å². The van der Waals surface area contributed by atoms with Crippen LogP contribution in [-0.4, -0.2) is 10.3 Å². The summed E-state index contributed by atoms with van der Waals surface area (Å²) in [5.41, 5.74) is 0.429. The van der Waals surface area contributed by atoms with Crippen molar-refractivity contribution in [3.05, 3.63) is 39.9 Å². The van der Waals surface area contributed by atoms with E-state index in [2.05, 4.69) is 0 Å². The van der Waals surface area contributed by atoms with Crippen LogP contribution < -0.4 is 0 Å². The van der Waals surface area contributed by atoms with E-state index in [4.69, 9.17) is 22.1 Å². The van der Waals surface area contributed by atoms with Gasteiger partial charge in [0.15, 0.2) is 0 Å². The maximum Gasteiger partial charge on any atom is 0.269 e. The lowest BCUT2D eigenvalue weighted by molar-refractivity contribution is -0.384. The van der Waals surface area contributed by atoms with Crippen LogP contribution in [0.4, 0.5) is 5.69 Å². The highest BCUT2D eigenvalue weighted by Gasteiger charge is 2.21. The molecule has 0 saturated heterocycles. The smallest absolute Gasteiger partial charge is 0.258 e. The number of nitrogens with zero attached hydrogens (tertiary/aromatic N) is 3. The Morgan fingerprint density at radius 2 is 1.81 bits per heavy atom. The number of alkyl halides is 1. The molecule has 0 saturated carbocycles. The summed E-state index contributed by atoms with van der Waals surface area (Å²) in [6.07, 6.45) is 0. The number of nitriles is 2. The summed E-state index contributed by atoms with van der Waals surface area (Å²) >= 11 is 5.65. The lowest BCUT2D eigenvalue weighted by Crippen LogP contribution is -2.08. The standard InChI is InChI=1S/C10H6ClN3O2/c11-10(6-13)9(5-12)7-1-3-8(4-2-7)14(15)16/h1-4,9-10H. The minimum Gasteiger partial charge on any atom is -0.258 e. The molecule has 5 nitrogen and oxygen atoms in total. The van der Waals surface area contributed by atoms with Gasteiger partial charge >= 0.3 is 0 Å². The first-order valence-corrected chi connectivity index (χ1v) is 4.71. The minimum atomic E-state index is -0.966. The first-order chi connectivity index (χ1) is 7.60. The van der Waals surface area contributed by atoms with Gasteiger partial charge in [-0.1, -0.05) is 12.1 Å². The molecule has 0 heterocycles. The number of benzene rings is 1. The second-order valence-electron chi connectivity index (χ2n) is 2.99. The van der Waals surface area contributed by atoms with E-state index in [1.807, 2.05) is 6.07 Å². The molecule has 80 valence electrons. The lowest BCUT2D eigenvalue weighted by atomic mass is 9.97. The Hall–Kier alpha value is -2.11. The molecule has 1 aromatic rings. The molecule has 0 N–H and O–H groups in total. The van der Waals surface area contributed by atoms with Gasteiger partial charge < -0.3 is 0 Å². The quantitative estimate of drug-likeness (QED) is 0.457. The van der Waals surface area contributed by atoms with Crippen LogP contribution in [0.2, 0.25) is 0 Å². The molecule has 0 aromatic heterocycles. The van der Waals surface area contributed by atoms with Crippen molar-refractivity contribution in [2.75, 3.05) is 0 Å². The predicted molar refractivity (Wildman–Crippen MR) is 56.7 cm³/mol. The first-order valence-electron chi connectivity index (χ1n) is 4.27. The molecule has 6 heteroatoms. The predicted octanol–water partition coefficient (Wildman–Crippen LogP) is 2.33. The topological polar surface area (TPSA) is 90.7 Å². The number of halogens is 1. The van der Waals surface area contributed by atoms with Gasteiger partial charge in [-0.05, 0) is 5.56 Å². The molecule has 0 amide bonds. The summed E-state index contributed by atoms with van der Waals surface area (Å²) in [7, 11) is 0. The molecule has 0 aliphatic carbocycles. The molecular weight excluding hydrogens is 230 g/mol. The van der Waals surface area contributed by atoms with Gasteiger partial charge in [0.1, 0.15) is 11.3 Å². The lowest BCUT2D eigenvalue weighted by Gasteiger charge is -2.08. The summed E-state index contributed by atoms with van der Waals surface area (Å²) in [5, 5.41) is 26.9. The van der Waals surface area contributed by atoms with Gasteiger partial charge in [0, 0.05) is 12.1 Å². The van der Waals surface area contributed by atoms with Crippen molar-refractivity contribution in [1.29, 1.82) is 10.5 Å². The first kappa shape index (κ1) is 12.0. The number of non-ortho nitro benzene ring substituents is 1. The molecule has 0 radical (unpaired) electrons. The Morgan fingerprint density at radius 3 is 2.19 bits per heavy atom.